The maximum atomic E-state index is 10.2. The molecular formula is C11H16O3. The molecule has 0 saturated carbocycles. The average Bonchev–Trinajstić information content (AvgIpc) is 2.18. The quantitative estimate of drug-likeness (QED) is 0.554. The summed E-state index contributed by atoms with van der Waals surface area (Å²) >= 11 is 0. The second-order valence-electron chi connectivity index (χ2n) is 3.49. The summed E-state index contributed by atoms with van der Waals surface area (Å²) in [5.74, 6) is -0.344. The minimum Gasteiger partial charge on any atom is -0.478 e. The van der Waals surface area contributed by atoms with Crippen molar-refractivity contribution in [2.45, 2.75) is 19.8 Å². The Kier molecular flexibility index (Phi) is 4.40. The molecule has 0 aromatic carbocycles. The molecule has 0 atom stereocenters. The molecule has 1 aliphatic rings. The van der Waals surface area contributed by atoms with E-state index in [0.29, 0.717) is 5.92 Å². The van der Waals surface area contributed by atoms with Crippen molar-refractivity contribution in [3.63, 3.8) is 0 Å². The zero-order chi connectivity index (χ0) is 10.4. The minimum absolute atomic E-state index is 0.558. The molecule has 0 radical (unpaired) electrons. The molecule has 1 heterocycles. The SMILES string of the molecule is C/C(=C\C=C\C(=O)O)C1CCOCC1. The van der Waals surface area contributed by atoms with E-state index in [2.05, 4.69) is 0 Å². The van der Waals surface area contributed by atoms with Crippen molar-refractivity contribution in [2.75, 3.05) is 13.2 Å². The molecule has 0 unspecified atom stereocenters. The standard InChI is InChI=1S/C11H16O3/c1-9(3-2-4-11(12)13)10-5-7-14-8-6-10/h2-4,10H,5-8H2,1H3,(H,12,13)/b4-2+,9-3+. The molecule has 1 aliphatic heterocycles. The second kappa shape index (κ2) is 5.60. The Hall–Kier alpha value is -1.09. The highest BCUT2D eigenvalue weighted by molar-refractivity contribution is 5.80. The van der Waals surface area contributed by atoms with Crippen LogP contribution >= 0.6 is 0 Å². The third kappa shape index (κ3) is 3.75. The molecule has 1 rings (SSSR count). The first-order valence-corrected chi connectivity index (χ1v) is 4.85. The van der Waals surface area contributed by atoms with Crippen molar-refractivity contribution in [1.82, 2.24) is 0 Å². The lowest BCUT2D eigenvalue weighted by molar-refractivity contribution is -0.131. The first-order valence-electron chi connectivity index (χ1n) is 4.85. The van der Waals surface area contributed by atoms with Gasteiger partial charge in [-0.3, -0.25) is 0 Å². The van der Waals surface area contributed by atoms with E-state index in [9.17, 15) is 4.79 Å². The molecule has 0 aliphatic carbocycles. The summed E-state index contributed by atoms with van der Waals surface area (Å²) in [5.41, 5.74) is 1.24. The fourth-order valence-electron chi connectivity index (χ4n) is 1.57. The fourth-order valence-corrected chi connectivity index (χ4v) is 1.57. The van der Waals surface area contributed by atoms with Crippen molar-refractivity contribution < 1.29 is 14.6 Å². The summed E-state index contributed by atoms with van der Waals surface area (Å²) in [5, 5.41) is 8.40. The van der Waals surface area contributed by atoms with E-state index in [4.69, 9.17) is 9.84 Å². The van der Waals surface area contributed by atoms with Crippen LogP contribution in [0, 0.1) is 5.92 Å². The van der Waals surface area contributed by atoms with Crippen LogP contribution in [0.3, 0.4) is 0 Å². The highest BCUT2D eigenvalue weighted by atomic mass is 16.5. The number of hydrogen-bond acceptors (Lipinski definition) is 2. The van der Waals surface area contributed by atoms with E-state index < -0.39 is 5.97 Å². The lowest BCUT2D eigenvalue weighted by atomic mass is 9.92. The van der Waals surface area contributed by atoms with Gasteiger partial charge in [-0.2, -0.15) is 0 Å². The van der Waals surface area contributed by atoms with E-state index in [1.807, 2.05) is 13.0 Å². The van der Waals surface area contributed by atoms with Crippen LogP contribution in [-0.2, 0) is 9.53 Å². The van der Waals surface area contributed by atoms with Crippen molar-refractivity contribution in [2.24, 2.45) is 5.92 Å². The molecule has 0 spiro atoms. The third-order valence-corrected chi connectivity index (χ3v) is 2.46. The zero-order valence-corrected chi connectivity index (χ0v) is 8.40. The number of aliphatic carboxylic acids is 1. The minimum atomic E-state index is -0.902. The predicted octanol–water partition coefficient (Wildman–Crippen LogP) is 2.00. The van der Waals surface area contributed by atoms with Crippen LogP contribution in [0.15, 0.2) is 23.8 Å². The van der Waals surface area contributed by atoms with Crippen molar-refractivity contribution in [3.8, 4) is 0 Å². The highest BCUT2D eigenvalue weighted by Gasteiger charge is 2.14. The van der Waals surface area contributed by atoms with Gasteiger partial charge in [-0.25, -0.2) is 4.79 Å². The number of carboxylic acid groups (broad SMARTS) is 1. The number of rotatable bonds is 3. The second-order valence-corrected chi connectivity index (χ2v) is 3.49. The maximum Gasteiger partial charge on any atom is 0.328 e. The molecule has 14 heavy (non-hydrogen) atoms. The molecule has 3 heteroatoms. The van der Waals surface area contributed by atoms with Gasteiger partial charge in [-0.1, -0.05) is 17.7 Å². The van der Waals surface area contributed by atoms with Crippen LogP contribution in [0.5, 0.6) is 0 Å². The molecule has 1 fully saturated rings. The number of allylic oxidation sites excluding steroid dienone is 3. The lowest BCUT2D eigenvalue weighted by Crippen LogP contribution is -2.16. The van der Waals surface area contributed by atoms with Gasteiger partial charge in [0.25, 0.3) is 0 Å². The molecular weight excluding hydrogens is 180 g/mol. The van der Waals surface area contributed by atoms with Crippen LogP contribution in [0.4, 0.5) is 0 Å². The van der Waals surface area contributed by atoms with Gasteiger partial charge < -0.3 is 9.84 Å². The molecule has 0 aromatic rings. The average molecular weight is 196 g/mol. The highest BCUT2D eigenvalue weighted by Crippen LogP contribution is 2.22. The molecule has 0 amide bonds. The first kappa shape index (κ1) is 11.0. The number of carbonyl (C=O) groups is 1. The number of hydrogen-bond donors (Lipinski definition) is 1. The van der Waals surface area contributed by atoms with Gasteiger partial charge in [0.15, 0.2) is 0 Å². The molecule has 78 valence electrons. The Morgan fingerprint density at radius 1 is 1.43 bits per heavy atom. The predicted molar refractivity (Wildman–Crippen MR) is 54.1 cm³/mol. The Morgan fingerprint density at radius 2 is 2.07 bits per heavy atom. The van der Waals surface area contributed by atoms with Gasteiger partial charge >= 0.3 is 5.97 Å². The summed E-state index contributed by atoms with van der Waals surface area (Å²) < 4.78 is 5.25. The molecule has 3 nitrogen and oxygen atoms in total. The number of ether oxygens (including phenoxy) is 1. The van der Waals surface area contributed by atoms with Gasteiger partial charge in [-0.15, -0.1) is 0 Å². The van der Waals surface area contributed by atoms with E-state index in [0.717, 1.165) is 32.1 Å². The summed E-state index contributed by atoms with van der Waals surface area (Å²) in [4.78, 5) is 10.2. The Labute approximate surface area is 84.1 Å². The van der Waals surface area contributed by atoms with Gasteiger partial charge in [0.2, 0.25) is 0 Å². The normalized spacial score (nSPS) is 20.2. The van der Waals surface area contributed by atoms with E-state index in [1.54, 1.807) is 6.08 Å². The zero-order valence-electron chi connectivity index (χ0n) is 8.40. The van der Waals surface area contributed by atoms with Gasteiger partial charge in [0.1, 0.15) is 0 Å². The Balaban J connectivity index is 2.45. The van der Waals surface area contributed by atoms with Gasteiger partial charge in [-0.05, 0) is 25.7 Å². The topological polar surface area (TPSA) is 46.5 Å². The molecule has 1 N–H and O–H groups in total. The number of carboxylic acids is 1. The molecule has 1 saturated heterocycles. The van der Waals surface area contributed by atoms with E-state index in [-0.39, 0.29) is 0 Å². The third-order valence-electron chi connectivity index (χ3n) is 2.46. The summed E-state index contributed by atoms with van der Waals surface area (Å²) in [7, 11) is 0. The van der Waals surface area contributed by atoms with E-state index in [1.165, 1.54) is 5.57 Å². The smallest absolute Gasteiger partial charge is 0.328 e. The fraction of sp³-hybridized carbons (Fsp3) is 0.545. The van der Waals surface area contributed by atoms with Crippen molar-refractivity contribution in [3.05, 3.63) is 23.8 Å². The van der Waals surface area contributed by atoms with Crippen LogP contribution < -0.4 is 0 Å². The monoisotopic (exact) mass is 196 g/mol. The van der Waals surface area contributed by atoms with Gasteiger partial charge in [0, 0.05) is 19.3 Å². The maximum absolute atomic E-state index is 10.2. The largest absolute Gasteiger partial charge is 0.478 e. The van der Waals surface area contributed by atoms with Crippen LogP contribution in [0.1, 0.15) is 19.8 Å². The Bertz CT molecular complexity index is 247. The molecule has 0 aromatic heterocycles. The summed E-state index contributed by atoms with van der Waals surface area (Å²) in [6.07, 6.45) is 6.71. The van der Waals surface area contributed by atoms with Crippen LogP contribution in [-0.4, -0.2) is 24.3 Å². The summed E-state index contributed by atoms with van der Waals surface area (Å²) in [6, 6.07) is 0. The lowest BCUT2D eigenvalue weighted by Gasteiger charge is -2.22. The van der Waals surface area contributed by atoms with Crippen LogP contribution in [0.25, 0.3) is 0 Å². The van der Waals surface area contributed by atoms with E-state index >= 15 is 0 Å². The summed E-state index contributed by atoms with van der Waals surface area (Å²) in [6.45, 7) is 3.68. The van der Waals surface area contributed by atoms with Crippen molar-refractivity contribution >= 4 is 5.97 Å². The van der Waals surface area contributed by atoms with Crippen molar-refractivity contribution in [1.29, 1.82) is 0 Å². The van der Waals surface area contributed by atoms with Crippen LogP contribution in [0.2, 0.25) is 0 Å². The first-order chi connectivity index (χ1) is 6.70. The molecule has 0 bridgehead atoms. The van der Waals surface area contributed by atoms with Gasteiger partial charge in [0.05, 0.1) is 0 Å². The Morgan fingerprint density at radius 3 is 2.64 bits per heavy atom.